The highest BCUT2D eigenvalue weighted by Gasteiger charge is 2.19. The van der Waals surface area contributed by atoms with Crippen molar-refractivity contribution in [1.29, 1.82) is 0 Å². The van der Waals surface area contributed by atoms with E-state index in [0.717, 1.165) is 103 Å². The topological polar surface area (TPSA) is 78.9 Å². The Morgan fingerprint density at radius 3 is 1.05 bits per heavy atom. The zero-order valence-corrected chi connectivity index (χ0v) is 39.5. The van der Waals surface area contributed by atoms with Crippen LogP contribution in [0.25, 0.3) is 0 Å². The van der Waals surface area contributed by atoms with Crippen molar-refractivity contribution >= 4 is 17.9 Å². The first-order chi connectivity index (χ1) is 29.5. The van der Waals surface area contributed by atoms with Crippen molar-refractivity contribution in [2.24, 2.45) is 0 Å². The Balaban J connectivity index is 4.43. The summed E-state index contributed by atoms with van der Waals surface area (Å²) < 4.78 is 16.7. The van der Waals surface area contributed by atoms with Crippen LogP contribution >= 0.6 is 0 Å². The summed E-state index contributed by atoms with van der Waals surface area (Å²) in [5, 5.41) is 0. The second-order valence-corrected chi connectivity index (χ2v) is 16.7. The Morgan fingerprint density at radius 2 is 0.650 bits per heavy atom. The molecule has 6 nitrogen and oxygen atoms in total. The van der Waals surface area contributed by atoms with Crippen LogP contribution in [0.1, 0.15) is 245 Å². The molecule has 0 aliphatic heterocycles. The van der Waals surface area contributed by atoms with Crippen molar-refractivity contribution in [3.05, 3.63) is 60.8 Å². The second kappa shape index (κ2) is 48.8. The molecule has 0 saturated carbocycles. The number of hydrogen-bond acceptors (Lipinski definition) is 6. The third kappa shape index (κ3) is 46.2. The highest BCUT2D eigenvalue weighted by molar-refractivity contribution is 5.71. The van der Waals surface area contributed by atoms with Gasteiger partial charge in [0.15, 0.2) is 6.10 Å². The monoisotopic (exact) mass is 839 g/mol. The van der Waals surface area contributed by atoms with Crippen LogP contribution < -0.4 is 0 Å². The van der Waals surface area contributed by atoms with Gasteiger partial charge in [-0.05, 0) is 83.5 Å². The molecule has 0 fully saturated rings. The standard InChI is InChI=1S/C54H94O6/c1-4-7-10-13-16-19-22-25-26-27-30-32-35-38-41-44-47-53(56)59-50-51(60-54(57)48-45-42-39-36-33-29-24-21-18-15-12-9-6-3)49-58-52(55)46-43-40-37-34-31-28-23-20-17-14-11-8-5-2/h9,12,18-19,21-22,26-27,29,33,51H,4-8,10-11,13-17,20,23-25,28,30-32,34-50H2,1-3H3/b12-9-,21-18-,22-19-,27-26-,33-29-. The molecule has 1 unspecified atom stereocenters. The van der Waals surface area contributed by atoms with Crippen molar-refractivity contribution in [1.82, 2.24) is 0 Å². The van der Waals surface area contributed by atoms with Gasteiger partial charge in [-0.2, -0.15) is 0 Å². The summed E-state index contributed by atoms with van der Waals surface area (Å²) in [6.45, 7) is 6.47. The van der Waals surface area contributed by atoms with E-state index < -0.39 is 6.10 Å². The molecule has 0 heterocycles. The predicted octanol–water partition coefficient (Wildman–Crippen LogP) is 16.5. The maximum absolute atomic E-state index is 12.8. The molecule has 0 aliphatic rings. The number of rotatable bonds is 45. The number of carbonyl (C=O) groups excluding carboxylic acids is 3. The smallest absolute Gasteiger partial charge is 0.306 e. The van der Waals surface area contributed by atoms with Crippen LogP contribution in [0.3, 0.4) is 0 Å². The fourth-order valence-corrected chi connectivity index (χ4v) is 6.96. The van der Waals surface area contributed by atoms with Crippen LogP contribution in [-0.4, -0.2) is 37.2 Å². The first kappa shape index (κ1) is 57.1. The number of allylic oxidation sites excluding steroid dienone is 10. The lowest BCUT2D eigenvalue weighted by Crippen LogP contribution is -2.30. The van der Waals surface area contributed by atoms with Gasteiger partial charge >= 0.3 is 17.9 Å². The molecule has 0 saturated heterocycles. The fourth-order valence-electron chi connectivity index (χ4n) is 6.96. The fraction of sp³-hybridized carbons (Fsp3) is 0.759. The van der Waals surface area contributed by atoms with Gasteiger partial charge in [0.1, 0.15) is 13.2 Å². The molecule has 0 aromatic heterocycles. The maximum atomic E-state index is 12.8. The van der Waals surface area contributed by atoms with Gasteiger partial charge in [0.25, 0.3) is 0 Å². The van der Waals surface area contributed by atoms with Gasteiger partial charge in [0.2, 0.25) is 0 Å². The van der Waals surface area contributed by atoms with Crippen molar-refractivity contribution < 1.29 is 28.6 Å². The van der Waals surface area contributed by atoms with Crippen molar-refractivity contribution in [2.45, 2.75) is 252 Å². The van der Waals surface area contributed by atoms with Crippen LogP contribution in [0.15, 0.2) is 60.8 Å². The van der Waals surface area contributed by atoms with Gasteiger partial charge in [-0.25, -0.2) is 0 Å². The molecule has 0 aliphatic carbocycles. The number of esters is 3. The van der Waals surface area contributed by atoms with Crippen molar-refractivity contribution in [2.75, 3.05) is 13.2 Å². The van der Waals surface area contributed by atoms with E-state index in [-0.39, 0.29) is 31.1 Å². The van der Waals surface area contributed by atoms with Crippen LogP contribution in [0.2, 0.25) is 0 Å². The lowest BCUT2D eigenvalue weighted by Gasteiger charge is -2.18. The van der Waals surface area contributed by atoms with Gasteiger partial charge in [-0.15, -0.1) is 0 Å². The molecule has 0 rings (SSSR count). The highest BCUT2D eigenvalue weighted by Crippen LogP contribution is 2.14. The average molecular weight is 839 g/mol. The van der Waals surface area contributed by atoms with E-state index in [9.17, 15) is 14.4 Å². The summed E-state index contributed by atoms with van der Waals surface area (Å²) in [4.78, 5) is 37.9. The average Bonchev–Trinajstić information content (AvgIpc) is 3.24. The molecule has 6 heteroatoms. The molecule has 0 aromatic carbocycles. The quantitative estimate of drug-likeness (QED) is 0.0263. The Morgan fingerprint density at radius 1 is 0.350 bits per heavy atom. The molecule has 0 N–H and O–H groups in total. The first-order valence-electron chi connectivity index (χ1n) is 25.3. The summed E-state index contributed by atoms with van der Waals surface area (Å²) >= 11 is 0. The Labute approximate surface area is 370 Å². The van der Waals surface area contributed by atoms with E-state index in [0.29, 0.717) is 19.3 Å². The molecule has 346 valence electrons. The summed E-state index contributed by atoms with van der Waals surface area (Å²) in [6, 6.07) is 0. The van der Waals surface area contributed by atoms with Crippen molar-refractivity contribution in [3.8, 4) is 0 Å². The largest absolute Gasteiger partial charge is 0.462 e. The zero-order valence-electron chi connectivity index (χ0n) is 39.5. The number of ether oxygens (including phenoxy) is 3. The number of unbranched alkanes of at least 4 members (excludes halogenated alkanes) is 24. The Hall–Kier alpha value is -2.89. The molecule has 0 radical (unpaired) electrons. The third-order valence-corrected chi connectivity index (χ3v) is 10.8. The first-order valence-corrected chi connectivity index (χ1v) is 25.3. The third-order valence-electron chi connectivity index (χ3n) is 10.8. The molecule has 0 spiro atoms. The van der Waals surface area contributed by atoms with E-state index in [2.05, 4.69) is 81.5 Å². The van der Waals surface area contributed by atoms with Gasteiger partial charge in [0, 0.05) is 19.3 Å². The molecular weight excluding hydrogens is 745 g/mol. The van der Waals surface area contributed by atoms with Crippen molar-refractivity contribution in [3.63, 3.8) is 0 Å². The van der Waals surface area contributed by atoms with E-state index in [4.69, 9.17) is 14.2 Å². The molecule has 0 aromatic rings. The molecule has 0 amide bonds. The lowest BCUT2D eigenvalue weighted by atomic mass is 10.0. The highest BCUT2D eigenvalue weighted by atomic mass is 16.6. The van der Waals surface area contributed by atoms with Gasteiger partial charge in [0.05, 0.1) is 0 Å². The SMILES string of the molecule is CC/C=C\C/C=C\C/C=C\CCCCCC(=O)OC(COC(=O)CCCCCCC/C=C\C/C=C\CCCCCC)COC(=O)CCCCCCCCCCCCCCC. The van der Waals surface area contributed by atoms with Gasteiger partial charge < -0.3 is 14.2 Å². The number of hydrogen-bond donors (Lipinski definition) is 0. The van der Waals surface area contributed by atoms with E-state index in [1.807, 2.05) is 0 Å². The van der Waals surface area contributed by atoms with Crippen LogP contribution in [0.4, 0.5) is 0 Å². The Bertz CT molecular complexity index is 1100. The van der Waals surface area contributed by atoms with Crippen LogP contribution in [-0.2, 0) is 28.6 Å². The van der Waals surface area contributed by atoms with Crippen LogP contribution in [0, 0.1) is 0 Å². The summed E-state index contributed by atoms with van der Waals surface area (Å²) in [5.74, 6) is -0.930. The minimum atomic E-state index is -0.792. The summed E-state index contributed by atoms with van der Waals surface area (Å²) in [7, 11) is 0. The summed E-state index contributed by atoms with van der Waals surface area (Å²) in [5.41, 5.74) is 0. The predicted molar refractivity (Wildman–Crippen MR) is 256 cm³/mol. The maximum Gasteiger partial charge on any atom is 0.306 e. The van der Waals surface area contributed by atoms with E-state index in [1.54, 1.807) is 0 Å². The van der Waals surface area contributed by atoms with E-state index in [1.165, 1.54) is 103 Å². The normalized spacial score (nSPS) is 12.5. The van der Waals surface area contributed by atoms with Gasteiger partial charge in [-0.1, -0.05) is 204 Å². The molecule has 60 heavy (non-hydrogen) atoms. The van der Waals surface area contributed by atoms with Crippen LogP contribution in [0.5, 0.6) is 0 Å². The molecule has 0 bridgehead atoms. The number of carbonyl (C=O) groups is 3. The minimum absolute atomic E-state index is 0.0891. The lowest BCUT2D eigenvalue weighted by molar-refractivity contribution is -0.167. The van der Waals surface area contributed by atoms with E-state index >= 15 is 0 Å². The minimum Gasteiger partial charge on any atom is -0.462 e. The second-order valence-electron chi connectivity index (χ2n) is 16.7. The Kier molecular flexibility index (Phi) is 46.4. The molecule has 1 atom stereocenters. The summed E-state index contributed by atoms with van der Waals surface area (Å²) in [6.07, 6.45) is 59.1. The molecular formula is C54H94O6. The van der Waals surface area contributed by atoms with Gasteiger partial charge in [-0.3, -0.25) is 14.4 Å². The zero-order chi connectivity index (χ0) is 43.7.